The van der Waals surface area contributed by atoms with Gasteiger partial charge in [0.25, 0.3) is 0 Å². The fraction of sp³-hybridized carbons (Fsp3) is 0.391. The highest BCUT2D eigenvalue weighted by atomic mass is 32.2. The molecule has 0 aromatic heterocycles. The number of para-hydroxylation sites is 2. The molecule has 0 aliphatic carbocycles. The van der Waals surface area contributed by atoms with Crippen LogP contribution in [0.15, 0.2) is 53.4 Å². The van der Waals surface area contributed by atoms with E-state index in [1.165, 1.54) is 11.8 Å². The van der Waals surface area contributed by atoms with E-state index in [1.54, 1.807) is 0 Å². The molecule has 2 amide bonds. The van der Waals surface area contributed by atoms with E-state index in [-0.39, 0.29) is 22.5 Å². The number of amides is 2. The molecule has 1 atom stereocenters. The summed E-state index contributed by atoms with van der Waals surface area (Å²) < 4.78 is 5.56. The lowest BCUT2D eigenvalue weighted by molar-refractivity contribution is -0.118. The van der Waals surface area contributed by atoms with Crippen molar-refractivity contribution in [2.45, 2.75) is 51.2 Å². The molecule has 0 spiro atoms. The number of hydrogen-bond donors (Lipinski definition) is 2. The van der Waals surface area contributed by atoms with Gasteiger partial charge in [0.1, 0.15) is 5.75 Å². The Kier molecular flexibility index (Phi) is 8.14. The predicted molar refractivity (Wildman–Crippen MR) is 121 cm³/mol. The highest BCUT2D eigenvalue weighted by Crippen LogP contribution is 2.29. The van der Waals surface area contributed by atoms with Crippen LogP contribution >= 0.6 is 11.8 Å². The number of anilines is 2. The molecule has 5 nitrogen and oxygen atoms in total. The lowest BCUT2D eigenvalue weighted by Gasteiger charge is -2.18. The third-order valence-corrected chi connectivity index (χ3v) is 5.03. The number of carbonyl (C=O) groups is 2. The monoisotopic (exact) mass is 414 g/mol. The summed E-state index contributed by atoms with van der Waals surface area (Å²) in [6.45, 7) is 10.4. The van der Waals surface area contributed by atoms with Crippen molar-refractivity contribution in [2.75, 3.05) is 17.2 Å². The minimum absolute atomic E-state index is 0.0158. The van der Waals surface area contributed by atoms with E-state index in [0.29, 0.717) is 24.5 Å². The Morgan fingerprint density at radius 3 is 2.48 bits per heavy atom. The fourth-order valence-corrected chi connectivity index (χ4v) is 3.60. The molecule has 0 radical (unpaired) electrons. The molecule has 2 rings (SSSR count). The van der Waals surface area contributed by atoms with Crippen molar-refractivity contribution in [1.29, 1.82) is 0 Å². The molecule has 0 saturated heterocycles. The molecule has 0 saturated carbocycles. The Labute approximate surface area is 177 Å². The molecule has 29 heavy (non-hydrogen) atoms. The number of hydrogen-bond acceptors (Lipinski definition) is 4. The fourth-order valence-electron chi connectivity index (χ4n) is 2.68. The first-order chi connectivity index (χ1) is 13.7. The Morgan fingerprint density at radius 2 is 1.79 bits per heavy atom. The van der Waals surface area contributed by atoms with Crippen LogP contribution in [0.25, 0.3) is 0 Å². The molecular formula is C23H30N2O3S. The quantitative estimate of drug-likeness (QED) is 0.553. The van der Waals surface area contributed by atoms with Gasteiger partial charge in [-0.25, -0.2) is 0 Å². The third kappa shape index (κ3) is 7.81. The van der Waals surface area contributed by atoms with Gasteiger partial charge in [-0.15, -0.1) is 11.8 Å². The first kappa shape index (κ1) is 22.8. The van der Waals surface area contributed by atoms with Gasteiger partial charge in [-0.3, -0.25) is 9.59 Å². The van der Waals surface area contributed by atoms with Crippen molar-refractivity contribution in [1.82, 2.24) is 0 Å². The molecule has 1 unspecified atom stereocenters. The van der Waals surface area contributed by atoms with E-state index in [1.807, 2.05) is 83.1 Å². The molecule has 0 heterocycles. The van der Waals surface area contributed by atoms with Gasteiger partial charge in [0.15, 0.2) is 0 Å². The Hall–Kier alpha value is -2.47. The van der Waals surface area contributed by atoms with E-state index in [2.05, 4.69) is 10.6 Å². The molecule has 0 fully saturated rings. The third-order valence-electron chi connectivity index (χ3n) is 3.94. The summed E-state index contributed by atoms with van der Waals surface area (Å²) in [5.41, 5.74) is 1.33. The zero-order chi connectivity index (χ0) is 21.4. The van der Waals surface area contributed by atoms with Crippen molar-refractivity contribution >= 4 is 35.0 Å². The first-order valence-electron chi connectivity index (χ1n) is 9.77. The molecule has 2 aromatic carbocycles. The molecule has 2 aromatic rings. The van der Waals surface area contributed by atoms with Gasteiger partial charge in [0.05, 0.1) is 17.5 Å². The van der Waals surface area contributed by atoms with Crippen molar-refractivity contribution in [2.24, 2.45) is 5.41 Å². The normalized spacial score (nSPS) is 12.2. The van der Waals surface area contributed by atoms with Gasteiger partial charge in [-0.05, 0) is 49.6 Å². The average molecular weight is 415 g/mol. The van der Waals surface area contributed by atoms with Gasteiger partial charge >= 0.3 is 0 Å². The summed E-state index contributed by atoms with van der Waals surface area (Å²) in [5, 5.41) is 5.55. The molecule has 6 heteroatoms. The van der Waals surface area contributed by atoms with Crippen LogP contribution in [-0.4, -0.2) is 23.7 Å². The van der Waals surface area contributed by atoms with E-state index in [0.717, 1.165) is 10.6 Å². The second-order valence-electron chi connectivity index (χ2n) is 7.99. The number of carbonyl (C=O) groups excluding carboxylic acids is 2. The summed E-state index contributed by atoms with van der Waals surface area (Å²) in [5.74, 6) is 0.534. The van der Waals surface area contributed by atoms with E-state index >= 15 is 0 Å². The zero-order valence-corrected chi connectivity index (χ0v) is 18.6. The maximum atomic E-state index is 12.6. The minimum atomic E-state index is -0.315. The standard InChI is InChI=1S/C23H30N2O3S/c1-6-28-20-13-8-7-12-19(20)25-22(27)16(2)29-18-11-9-10-17(14-18)24-21(26)15-23(3,4)5/h7-14,16H,6,15H2,1-5H3,(H,24,26)(H,25,27). The lowest BCUT2D eigenvalue weighted by Crippen LogP contribution is -2.22. The maximum absolute atomic E-state index is 12.6. The van der Waals surface area contributed by atoms with E-state index < -0.39 is 0 Å². The number of ether oxygens (including phenoxy) is 1. The van der Waals surface area contributed by atoms with Gasteiger partial charge in [0, 0.05) is 17.0 Å². The lowest BCUT2D eigenvalue weighted by atomic mass is 9.92. The summed E-state index contributed by atoms with van der Waals surface area (Å²) in [4.78, 5) is 25.7. The van der Waals surface area contributed by atoms with Gasteiger partial charge in [0.2, 0.25) is 11.8 Å². The Bertz CT molecular complexity index is 846. The second-order valence-corrected chi connectivity index (χ2v) is 9.41. The van der Waals surface area contributed by atoms with Gasteiger partial charge in [-0.2, -0.15) is 0 Å². The van der Waals surface area contributed by atoms with Crippen LogP contribution in [0.1, 0.15) is 41.0 Å². The van der Waals surface area contributed by atoms with Crippen LogP contribution in [0.4, 0.5) is 11.4 Å². The number of thioether (sulfide) groups is 1. The Balaban J connectivity index is 1.99. The highest BCUT2D eigenvalue weighted by molar-refractivity contribution is 8.00. The van der Waals surface area contributed by atoms with Gasteiger partial charge in [-0.1, -0.05) is 39.0 Å². The van der Waals surface area contributed by atoms with Crippen molar-refractivity contribution in [3.05, 3.63) is 48.5 Å². The smallest absolute Gasteiger partial charge is 0.237 e. The molecular weight excluding hydrogens is 384 g/mol. The molecule has 2 N–H and O–H groups in total. The van der Waals surface area contributed by atoms with Crippen LogP contribution < -0.4 is 15.4 Å². The zero-order valence-electron chi connectivity index (χ0n) is 17.7. The molecule has 0 aliphatic heterocycles. The first-order valence-corrected chi connectivity index (χ1v) is 10.6. The summed E-state index contributed by atoms with van der Waals surface area (Å²) in [6.07, 6.45) is 0.447. The average Bonchev–Trinajstić information content (AvgIpc) is 2.62. The predicted octanol–water partition coefficient (Wildman–Crippen LogP) is 5.58. The minimum Gasteiger partial charge on any atom is -0.492 e. The van der Waals surface area contributed by atoms with Crippen molar-refractivity contribution in [3.8, 4) is 5.75 Å². The molecule has 156 valence electrons. The van der Waals surface area contributed by atoms with E-state index in [4.69, 9.17) is 4.74 Å². The van der Waals surface area contributed by atoms with Crippen LogP contribution in [0.2, 0.25) is 0 Å². The summed E-state index contributed by atoms with van der Waals surface area (Å²) in [6, 6.07) is 15.0. The number of rotatable bonds is 8. The Morgan fingerprint density at radius 1 is 1.07 bits per heavy atom. The van der Waals surface area contributed by atoms with E-state index in [9.17, 15) is 9.59 Å². The summed E-state index contributed by atoms with van der Waals surface area (Å²) in [7, 11) is 0. The summed E-state index contributed by atoms with van der Waals surface area (Å²) >= 11 is 1.44. The second kappa shape index (κ2) is 10.3. The van der Waals surface area contributed by atoms with Crippen molar-refractivity contribution < 1.29 is 14.3 Å². The van der Waals surface area contributed by atoms with Crippen LogP contribution in [-0.2, 0) is 9.59 Å². The molecule has 0 aliphatic rings. The van der Waals surface area contributed by atoms with Crippen molar-refractivity contribution in [3.63, 3.8) is 0 Å². The SMILES string of the molecule is CCOc1ccccc1NC(=O)C(C)Sc1cccc(NC(=O)CC(C)(C)C)c1. The van der Waals surface area contributed by atoms with Crippen LogP contribution in [0.5, 0.6) is 5.75 Å². The van der Waals surface area contributed by atoms with Gasteiger partial charge < -0.3 is 15.4 Å². The van der Waals surface area contributed by atoms with Crippen LogP contribution in [0.3, 0.4) is 0 Å². The topological polar surface area (TPSA) is 67.4 Å². The largest absolute Gasteiger partial charge is 0.492 e. The van der Waals surface area contributed by atoms with Crippen LogP contribution in [0, 0.1) is 5.41 Å². The maximum Gasteiger partial charge on any atom is 0.237 e. The number of nitrogens with one attached hydrogen (secondary N) is 2. The highest BCUT2D eigenvalue weighted by Gasteiger charge is 2.18. The number of benzene rings is 2. The molecule has 0 bridgehead atoms.